The summed E-state index contributed by atoms with van der Waals surface area (Å²) in [5, 5.41) is 10.5. The monoisotopic (exact) mass is 247 g/mol. The number of aromatic nitrogens is 3. The minimum Gasteiger partial charge on any atom is -0.382 e. The summed E-state index contributed by atoms with van der Waals surface area (Å²) in [5.41, 5.74) is 5.59. The van der Waals surface area contributed by atoms with Crippen LogP contribution in [0.1, 0.15) is 6.92 Å². The smallest absolute Gasteiger partial charge is 0.350 e. The number of H-pyrrole nitrogens is 1. The van der Waals surface area contributed by atoms with Gasteiger partial charge in [0.1, 0.15) is 0 Å². The van der Waals surface area contributed by atoms with Gasteiger partial charge in [-0.15, -0.1) is 0 Å². The number of nitrogens with zero attached hydrogens (tertiary/aromatic N) is 4. The predicted molar refractivity (Wildman–Crippen MR) is 66.9 cm³/mol. The van der Waals surface area contributed by atoms with Gasteiger partial charge >= 0.3 is 5.82 Å². The number of pyridine rings is 1. The molecule has 7 heteroatoms. The van der Waals surface area contributed by atoms with Crippen molar-refractivity contribution in [1.82, 2.24) is 9.78 Å². The van der Waals surface area contributed by atoms with Crippen molar-refractivity contribution in [2.75, 3.05) is 5.73 Å². The van der Waals surface area contributed by atoms with Crippen LogP contribution in [0.15, 0.2) is 39.4 Å². The number of anilines is 1. The van der Waals surface area contributed by atoms with Crippen LogP contribution in [0.2, 0.25) is 0 Å². The van der Waals surface area contributed by atoms with E-state index >= 15 is 0 Å². The van der Waals surface area contributed by atoms with Crippen molar-refractivity contribution in [3.05, 3.63) is 34.7 Å². The molecular weight excluding hydrogens is 232 g/mol. The summed E-state index contributed by atoms with van der Waals surface area (Å²) >= 11 is 0. The third-order valence-electron chi connectivity index (χ3n) is 2.58. The first-order valence-electron chi connectivity index (χ1n) is 5.58. The van der Waals surface area contributed by atoms with Crippen LogP contribution in [0.4, 0.5) is 17.3 Å². The van der Waals surface area contributed by atoms with E-state index in [4.69, 9.17) is 5.73 Å². The molecule has 94 valence electrons. The zero-order valence-corrected chi connectivity index (χ0v) is 10.3. The molecule has 0 aliphatic carbocycles. The number of azo groups is 1. The molecule has 0 aliphatic heterocycles. The van der Waals surface area contributed by atoms with E-state index in [0.717, 1.165) is 0 Å². The molecule has 0 saturated heterocycles. The molecule has 0 saturated carbocycles. The highest BCUT2D eigenvalue weighted by atomic mass is 16.1. The lowest BCUT2D eigenvalue weighted by Gasteiger charge is -1.97. The minimum absolute atomic E-state index is 0.140. The van der Waals surface area contributed by atoms with Crippen molar-refractivity contribution in [3.8, 4) is 0 Å². The second kappa shape index (κ2) is 4.82. The van der Waals surface area contributed by atoms with E-state index in [2.05, 4.69) is 15.3 Å². The van der Waals surface area contributed by atoms with Gasteiger partial charge in [-0.3, -0.25) is 14.6 Å². The average molecular weight is 247 g/mol. The highest BCUT2D eigenvalue weighted by molar-refractivity contribution is 5.56. The molecule has 0 amide bonds. The van der Waals surface area contributed by atoms with Crippen molar-refractivity contribution in [2.24, 2.45) is 17.3 Å². The van der Waals surface area contributed by atoms with Gasteiger partial charge in [-0.25, -0.2) is 4.57 Å². The standard InChI is InChI=1S/C11H14N6O/c1-3-17-10(12)9(11(18)15-17)14-13-8-6-4-5-7-16(8)2/h4-7,12H,3H2,1-2H3,(H,15,18)/p+1. The predicted octanol–water partition coefficient (Wildman–Crippen LogP) is 1.02. The topological polar surface area (TPSA) is 92.4 Å². The van der Waals surface area contributed by atoms with Crippen molar-refractivity contribution >= 4 is 17.3 Å². The lowest BCUT2D eigenvalue weighted by molar-refractivity contribution is -0.658. The summed E-state index contributed by atoms with van der Waals surface area (Å²) in [6.45, 7) is 2.46. The van der Waals surface area contributed by atoms with Crippen LogP contribution in [0, 0.1) is 0 Å². The van der Waals surface area contributed by atoms with Crippen LogP contribution in [-0.2, 0) is 13.6 Å². The van der Waals surface area contributed by atoms with Crippen LogP contribution in [0.3, 0.4) is 0 Å². The molecule has 0 unspecified atom stereocenters. The molecule has 0 atom stereocenters. The van der Waals surface area contributed by atoms with Crippen LogP contribution in [0.25, 0.3) is 0 Å². The van der Waals surface area contributed by atoms with E-state index in [-0.39, 0.29) is 11.2 Å². The SMILES string of the molecule is CCn1[nH]c(=O)c(/N=N/c2cccc[n+]2C)c1N. The van der Waals surface area contributed by atoms with Gasteiger partial charge in [-0.2, -0.15) is 0 Å². The number of hydrogen-bond donors (Lipinski definition) is 2. The fourth-order valence-corrected chi connectivity index (χ4v) is 1.55. The zero-order valence-electron chi connectivity index (χ0n) is 10.3. The van der Waals surface area contributed by atoms with Gasteiger partial charge in [0.25, 0.3) is 5.56 Å². The molecule has 0 aromatic carbocycles. The number of aryl methyl sites for hydroxylation is 2. The molecule has 2 aromatic rings. The molecule has 0 spiro atoms. The van der Waals surface area contributed by atoms with E-state index in [0.29, 0.717) is 18.2 Å². The Morgan fingerprint density at radius 3 is 2.83 bits per heavy atom. The molecule has 3 N–H and O–H groups in total. The normalized spacial score (nSPS) is 11.2. The largest absolute Gasteiger partial charge is 0.382 e. The van der Waals surface area contributed by atoms with Gasteiger partial charge in [0, 0.05) is 12.6 Å². The summed E-state index contributed by atoms with van der Waals surface area (Å²) < 4.78 is 3.33. The number of nitrogen functional groups attached to an aromatic ring is 1. The van der Waals surface area contributed by atoms with Gasteiger partial charge in [0.15, 0.2) is 5.82 Å². The highest BCUT2D eigenvalue weighted by Gasteiger charge is 2.13. The van der Waals surface area contributed by atoms with E-state index in [1.54, 1.807) is 10.6 Å². The minimum atomic E-state index is -0.336. The van der Waals surface area contributed by atoms with E-state index in [1.165, 1.54) is 4.68 Å². The number of aromatic amines is 1. The first-order valence-corrected chi connectivity index (χ1v) is 5.58. The van der Waals surface area contributed by atoms with Gasteiger partial charge in [0.05, 0.1) is 18.4 Å². The summed E-state index contributed by atoms with van der Waals surface area (Å²) in [4.78, 5) is 11.6. The van der Waals surface area contributed by atoms with Crippen molar-refractivity contribution in [1.29, 1.82) is 0 Å². The van der Waals surface area contributed by atoms with Crippen molar-refractivity contribution < 1.29 is 4.57 Å². The quantitative estimate of drug-likeness (QED) is 0.626. The summed E-state index contributed by atoms with van der Waals surface area (Å²) in [6, 6.07) is 5.53. The molecule has 0 fully saturated rings. The van der Waals surface area contributed by atoms with Crippen LogP contribution in [0.5, 0.6) is 0 Å². The fourth-order valence-electron chi connectivity index (χ4n) is 1.55. The number of nitrogens with one attached hydrogen (secondary N) is 1. The Hall–Kier alpha value is -2.44. The molecule has 0 bridgehead atoms. The molecular formula is C11H15N6O+. The fraction of sp³-hybridized carbons (Fsp3) is 0.273. The Labute approximate surface area is 104 Å². The molecule has 18 heavy (non-hydrogen) atoms. The molecule has 0 aliphatic rings. The lowest BCUT2D eigenvalue weighted by Crippen LogP contribution is -2.26. The first-order chi connectivity index (χ1) is 8.63. The highest BCUT2D eigenvalue weighted by Crippen LogP contribution is 2.18. The Morgan fingerprint density at radius 1 is 1.44 bits per heavy atom. The van der Waals surface area contributed by atoms with E-state index in [9.17, 15) is 4.79 Å². The third kappa shape index (κ3) is 2.15. The second-order valence-corrected chi connectivity index (χ2v) is 3.79. The van der Waals surface area contributed by atoms with Gasteiger partial charge < -0.3 is 5.73 Å². The number of nitrogens with two attached hydrogens (primary N) is 1. The Morgan fingerprint density at radius 2 is 2.22 bits per heavy atom. The number of hydrogen-bond acceptors (Lipinski definition) is 4. The second-order valence-electron chi connectivity index (χ2n) is 3.79. The van der Waals surface area contributed by atoms with Crippen molar-refractivity contribution in [2.45, 2.75) is 13.5 Å². The van der Waals surface area contributed by atoms with Crippen molar-refractivity contribution in [3.63, 3.8) is 0 Å². The molecule has 0 radical (unpaired) electrons. The van der Waals surface area contributed by atoms with Gasteiger partial charge in [-0.1, -0.05) is 6.07 Å². The molecule has 7 nitrogen and oxygen atoms in total. The first kappa shape index (κ1) is 12.0. The molecule has 2 heterocycles. The summed E-state index contributed by atoms with van der Waals surface area (Å²) in [7, 11) is 1.85. The summed E-state index contributed by atoms with van der Waals surface area (Å²) in [6.07, 6.45) is 1.85. The van der Waals surface area contributed by atoms with E-state index in [1.807, 2.05) is 32.3 Å². The maximum Gasteiger partial charge on any atom is 0.350 e. The van der Waals surface area contributed by atoms with E-state index < -0.39 is 0 Å². The number of rotatable bonds is 3. The Kier molecular flexibility index (Phi) is 3.22. The Bertz CT molecular complexity index is 639. The summed E-state index contributed by atoms with van der Waals surface area (Å²) in [5.74, 6) is 0.936. The maximum atomic E-state index is 11.6. The van der Waals surface area contributed by atoms with Crippen LogP contribution in [-0.4, -0.2) is 9.78 Å². The average Bonchev–Trinajstić information content (AvgIpc) is 2.64. The molecule has 2 rings (SSSR count). The Balaban J connectivity index is 2.38. The zero-order chi connectivity index (χ0) is 13.1. The van der Waals surface area contributed by atoms with Crippen LogP contribution < -0.4 is 15.9 Å². The van der Waals surface area contributed by atoms with Gasteiger partial charge in [-0.05, 0) is 18.1 Å². The lowest BCUT2D eigenvalue weighted by atomic mass is 10.4. The van der Waals surface area contributed by atoms with Crippen LogP contribution >= 0.6 is 0 Å². The third-order valence-corrected chi connectivity index (χ3v) is 2.58. The maximum absolute atomic E-state index is 11.6. The van der Waals surface area contributed by atoms with Gasteiger partial charge in [0.2, 0.25) is 5.69 Å². The molecule has 2 aromatic heterocycles.